The fraction of sp³-hybridized carbons (Fsp3) is 0.367. The Morgan fingerprint density at radius 3 is 2.03 bits per heavy atom. The summed E-state index contributed by atoms with van der Waals surface area (Å²) in [7, 11) is 2.28. The smallest absolute Gasteiger partial charge is 0.235 e. The van der Waals surface area contributed by atoms with Crippen LogP contribution in [-0.4, -0.2) is 29.9 Å². The van der Waals surface area contributed by atoms with Gasteiger partial charge in [0.05, 0.1) is 0 Å². The maximum absolute atomic E-state index is 14.3. The van der Waals surface area contributed by atoms with Crippen LogP contribution >= 0.6 is 0 Å². The van der Waals surface area contributed by atoms with Gasteiger partial charge in [0, 0.05) is 18.6 Å². The number of hydrogen-bond acceptors (Lipinski definition) is 2. The normalized spacial score (nSPS) is 22.8. The van der Waals surface area contributed by atoms with Gasteiger partial charge in [0.1, 0.15) is 5.41 Å². The van der Waals surface area contributed by atoms with E-state index in [1.807, 2.05) is 30.3 Å². The third kappa shape index (κ3) is 4.35. The molecule has 1 saturated heterocycles. The first-order chi connectivity index (χ1) is 16.2. The van der Waals surface area contributed by atoms with E-state index in [4.69, 9.17) is 0 Å². The van der Waals surface area contributed by atoms with Gasteiger partial charge in [-0.25, -0.2) is 0 Å². The number of amides is 1. The van der Waals surface area contributed by atoms with E-state index in [1.165, 1.54) is 25.7 Å². The van der Waals surface area contributed by atoms with E-state index in [0.29, 0.717) is 18.6 Å². The predicted molar refractivity (Wildman–Crippen MR) is 134 cm³/mol. The van der Waals surface area contributed by atoms with Crippen molar-refractivity contribution in [2.45, 2.75) is 56.1 Å². The van der Waals surface area contributed by atoms with Gasteiger partial charge in [-0.3, -0.25) is 4.79 Å². The minimum Gasteiger partial charge on any atom is -0.351 e. The molecule has 0 spiro atoms. The summed E-state index contributed by atoms with van der Waals surface area (Å²) in [5.41, 5.74) is 2.54. The van der Waals surface area contributed by atoms with Crippen LogP contribution in [0.3, 0.4) is 0 Å². The quantitative estimate of drug-likeness (QED) is 0.524. The molecule has 1 aliphatic heterocycles. The van der Waals surface area contributed by atoms with Crippen LogP contribution in [0.1, 0.15) is 48.8 Å². The third-order valence-electron chi connectivity index (χ3n) is 8.03. The fourth-order valence-electron chi connectivity index (χ4n) is 6.19. The molecular weight excluding hydrogens is 404 g/mol. The fourth-order valence-corrected chi connectivity index (χ4v) is 6.19. The summed E-state index contributed by atoms with van der Waals surface area (Å²) in [4.78, 5) is 16.8. The molecule has 3 aromatic carbocycles. The zero-order valence-electron chi connectivity index (χ0n) is 19.5. The van der Waals surface area contributed by atoms with Crippen LogP contribution in [0.25, 0.3) is 0 Å². The van der Waals surface area contributed by atoms with E-state index in [2.05, 4.69) is 77.9 Å². The lowest BCUT2D eigenvalue weighted by Crippen LogP contribution is -2.52. The Kier molecular flexibility index (Phi) is 6.32. The molecule has 3 aromatic rings. The standard InChI is InChI=1S/C30H34N2O/c1-32-27-18-17-24(19-27)20-28(32)21-30(25-13-7-3-8-14-25,26-15-9-4-10-16-26)29(33)31-22-23-11-5-2-6-12-23/h2-16,24,27-28H,17-22H2,1H3,(H,31,33). The summed E-state index contributed by atoms with van der Waals surface area (Å²) < 4.78 is 0. The number of fused-ring (bicyclic) bond motifs is 2. The van der Waals surface area contributed by atoms with Crippen molar-refractivity contribution >= 4 is 5.91 Å². The molecule has 1 heterocycles. The number of nitrogens with zero attached hydrogens (tertiary/aromatic N) is 1. The molecule has 1 saturated carbocycles. The van der Waals surface area contributed by atoms with Gasteiger partial charge in [-0.2, -0.15) is 0 Å². The van der Waals surface area contributed by atoms with Gasteiger partial charge >= 0.3 is 0 Å². The molecular formula is C30H34N2O. The third-order valence-corrected chi connectivity index (χ3v) is 8.03. The van der Waals surface area contributed by atoms with Gasteiger partial charge in [0.15, 0.2) is 0 Å². The molecule has 3 atom stereocenters. The van der Waals surface area contributed by atoms with Crippen LogP contribution in [0, 0.1) is 5.92 Å². The number of nitrogens with one attached hydrogen (secondary N) is 1. The second kappa shape index (κ2) is 9.52. The van der Waals surface area contributed by atoms with Gasteiger partial charge in [-0.1, -0.05) is 91.0 Å². The molecule has 3 nitrogen and oxygen atoms in total. The van der Waals surface area contributed by atoms with Gasteiger partial charge in [-0.05, 0) is 61.8 Å². The Hall–Kier alpha value is -2.91. The first kappa shape index (κ1) is 21.9. The molecule has 170 valence electrons. The molecule has 0 radical (unpaired) electrons. The zero-order valence-corrected chi connectivity index (χ0v) is 19.5. The highest BCUT2D eigenvalue weighted by Crippen LogP contribution is 2.45. The predicted octanol–water partition coefficient (Wildman–Crippen LogP) is 5.55. The Morgan fingerprint density at radius 2 is 1.42 bits per heavy atom. The minimum atomic E-state index is -0.729. The average Bonchev–Trinajstić information content (AvgIpc) is 3.29. The highest BCUT2D eigenvalue weighted by molar-refractivity contribution is 5.92. The summed E-state index contributed by atoms with van der Waals surface area (Å²) in [6.07, 6.45) is 5.92. The summed E-state index contributed by atoms with van der Waals surface area (Å²) in [6.45, 7) is 0.535. The van der Waals surface area contributed by atoms with E-state index in [0.717, 1.165) is 29.0 Å². The lowest BCUT2D eigenvalue weighted by Gasteiger charge is -2.44. The van der Waals surface area contributed by atoms with Crippen molar-refractivity contribution in [2.24, 2.45) is 5.92 Å². The van der Waals surface area contributed by atoms with E-state index in [-0.39, 0.29) is 5.91 Å². The van der Waals surface area contributed by atoms with Crippen LogP contribution in [0.15, 0.2) is 91.0 Å². The topological polar surface area (TPSA) is 32.3 Å². The second-order valence-electron chi connectivity index (χ2n) is 9.90. The average molecular weight is 439 g/mol. The first-order valence-electron chi connectivity index (χ1n) is 12.3. The Bertz CT molecular complexity index is 1010. The monoisotopic (exact) mass is 438 g/mol. The van der Waals surface area contributed by atoms with Gasteiger partial charge in [0.2, 0.25) is 5.91 Å². The Morgan fingerprint density at radius 1 is 0.848 bits per heavy atom. The summed E-state index contributed by atoms with van der Waals surface area (Å²) in [6, 6.07) is 32.1. The van der Waals surface area contributed by atoms with Crippen molar-refractivity contribution in [3.05, 3.63) is 108 Å². The summed E-state index contributed by atoms with van der Waals surface area (Å²) in [5, 5.41) is 3.32. The maximum atomic E-state index is 14.3. The molecule has 0 aromatic heterocycles. The molecule has 2 fully saturated rings. The van der Waals surface area contributed by atoms with Crippen molar-refractivity contribution in [2.75, 3.05) is 7.05 Å². The van der Waals surface area contributed by atoms with Gasteiger partial charge in [-0.15, -0.1) is 0 Å². The molecule has 3 heteroatoms. The first-order valence-corrected chi connectivity index (χ1v) is 12.3. The molecule has 5 rings (SSSR count). The zero-order chi connectivity index (χ0) is 22.7. The highest BCUT2D eigenvalue weighted by Gasteiger charge is 2.47. The lowest BCUT2D eigenvalue weighted by atomic mass is 9.68. The molecule has 1 N–H and O–H groups in total. The molecule has 33 heavy (non-hydrogen) atoms. The van der Waals surface area contributed by atoms with Gasteiger partial charge < -0.3 is 10.2 Å². The van der Waals surface area contributed by atoms with Crippen molar-refractivity contribution in [1.82, 2.24) is 10.2 Å². The van der Waals surface area contributed by atoms with Crippen LogP contribution in [0.2, 0.25) is 0 Å². The largest absolute Gasteiger partial charge is 0.351 e. The van der Waals surface area contributed by atoms with Crippen LogP contribution in [-0.2, 0) is 16.8 Å². The summed E-state index contributed by atoms with van der Waals surface area (Å²) in [5.74, 6) is 0.892. The van der Waals surface area contributed by atoms with Crippen LogP contribution in [0.4, 0.5) is 0 Å². The minimum absolute atomic E-state index is 0.0927. The molecule has 2 bridgehead atoms. The van der Waals surface area contributed by atoms with Crippen LogP contribution in [0.5, 0.6) is 0 Å². The van der Waals surface area contributed by atoms with Crippen LogP contribution < -0.4 is 5.32 Å². The number of benzene rings is 3. The molecule has 3 unspecified atom stereocenters. The number of likely N-dealkylation sites (tertiary alicyclic amines) is 1. The second-order valence-corrected chi connectivity index (χ2v) is 9.90. The van der Waals surface area contributed by atoms with E-state index in [1.54, 1.807) is 0 Å². The Balaban J connectivity index is 1.55. The molecule has 2 aliphatic rings. The molecule has 1 aliphatic carbocycles. The van der Waals surface area contributed by atoms with Crippen molar-refractivity contribution in [3.63, 3.8) is 0 Å². The highest BCUT2D eigenvalue weighted by atomic mass is 16.2. The number of rotatable bonds is 7. The number of carbonyl (C=O) groups excluding carboxylic acids is 1. The number of hydrogen-bond donors (Lipinski definition) is 1. The maximum Gasteiger partial charge on any atom is 0.235 e. The van der Waals surface area contributed by atoms with Crippen molar-refractivity contribution < 1.29 is 4.79 Å². The van der Waals surface area contributed by atoms with E-state index in [9.17, 15) is 4.79 Å². The van der Waals surface area contributed by atoms with Gasteiger partial charge in [0.25, 0.3) is 0 Å². The lowest BCUT2D eigenvalue weighted by molar-refractivity contribution is -0.126. The summed E-state index contributed by atoms with van der Waals surface area (Å²) >= 11 is 0. The SMILES string of the molecule is CN1C2CCC(C2)CC1CC(C(=O)NCc1ccccc1)(c1ccccc1)c1ccccc1. The van der Waals surface area contributed by atoms with E-state index < -0.39 is 5.41 Å². The van der Waals surface area contributed by atoms with E-state index >= 15 is 0 Å². The number of carbonyl (C=O) groups is 1. The van der Waals surface area contributed by atoms with Crippen molar-refractivity contribution in [3.8, 4) is 0 Å². The number of piperidine rings is 1. The van der Waals surface area contributed by atoms with Crippen molar-refractivity contribution in [1.29, 1.82) is 0 Å². The Labute approximate surface area is 197 Å². The molecule has 1 amide bonds.